The summed E-state index contributed by atoms with van der Waals surface area (Å²) >= 11 is 11.3. The molecule has 1 fully saturated rings. The van der Waals surface area contributed by atoms with E-state index in [4.69, 9.17) is 37.7 Å². The first kappa shape index (κ1) is 21.0. The lowest BCUT2D eigenvalue weighted by Crippen LogP contribution is -2.29. The molecule has 3 aromatic rings. The van der Waals surface area contributed by atoms with Crippen LogP contribution in [0.4, 0.5) is 0 Å². The molecule has 1 aliphatic heterocycles. The monoisotopic (exact) mass is 454 g/mol. The lowest BCUT2D eigenvalue weighted by molar-refractivity contribution is -0.122. The van der Waals surface area contributed by atoms with Crippen molar-refractivity contribution in [3.63, 3.8) is 0 Å². The van der Waals surface area contributed by atoms with Crippen LogP contribution in [0.3, 0.4) is 0 Å². The second-order valence-corrected chi connectivity index (χ2v) is 7.60. The maximum Gasteiger partial charge on any atom is 0.276 e. The summed E-state index contributed by atoms with van der Waals surface area (Å²) in [7, 11) is 1.60. The molecule has 1 aromatic heterocycles. The lowest BCUT2D eigenvalue weighted by Gasteiger charge is -2.12. The molecule has 8 heteroatoms. The maximum absolute atomic E-state index is 12.8. The van der Waals surface area contributed by atoms with E-state index >= 15 is 0 Å². The lowest BCUT2D eigenvalue weighted by atomic mass is 10.1. The third-order valence-corrected chi connectivity index (χ3v) is 5.22. The van der Waals surface area contributed by atoms with Gasteiger partial charge in [0.2, 0.25) is 0 Å². The highest BCUT2D eigenvalue weighted by Crippen LogP contribution is 2.25. The molecule has 0 bridgehead atoms. The number of hydrogen-bond acceptors (Lipinski definition) is 5. The predicted octanol–water partition coefficient (Wildman–Crippen LogP) is 4.78. The van der Waals surface area contributed by atoms with E-state index in [1.165, 1.54) is 4.90 Å². The molecule has 1 aliphatic rings. The van der Waals surface area contributed by atoms with Gasteiger partial charge in [-0.2, -0.15) is 0 Å². The number of hydrogen-bond donors (Lipinski definition) is 1. The Bertz CT molecular complexity index is 1140. The van der Waals surface area contributed by atoms with Gasteiger partial charge < -0.3 is 19.2 Å². The van der Waals surface area contributed by atoms with Gasteiger partial charge in [0.1, 0.15) is 29.6 Å². The first-order valence-corrected chi connectivity index (χ1v) is 10.2. The van der Waals surface area contributed by atoms with Crippen molar-refractivity contribution in [2.75, 3.05) is 7.11 Å². The quantitative estimate of drug-likeness (QED) is 0.409. The Morgan fingerprint density at radius 3 is 2.81 bits per heavy atom. The van der Waals surface area contributed by atoms with Gasteiger partial charge in [-0.1, -0.05) is 23.7 Å². The van der Waals surface area contributed by atoms with Gasteiger partial charge in [0, 0.05) is 10.6 Å². The number of benzene rings is 2. The summed E-state index contributed by atoms with van der Waals surface area (Å²) in [5, 5.41) is 3.92. The normalized spacial score (nSPS) is 14.8. The predicted molar refractivity (Wildman–Crippen MR) is 122 cm³/mol. The minimum Gasteiger partial charge on any atom is -0.496 e. The zero-order chi connectivity index (χ0) is 21.8. The Kier molecular flexibility index (Phi) is 6.25. The Labute approximate surface area is 190 Å². The third-order valence-electron chi connectivity index (χ3n) is 4.66. The van der Waals surface area contributed by atoms with Crippen LogP contribution in [0.15, 0.2) is 71.0 Å². The smallest absolute Gasteiger partial charge is 0.276 e. The molecule has 0 saturated carbocycles. The highest BCUT2D eigenvalue weighted by atomic mass is 35.5. The molecule has 0 radical (unpaired) electrons. The number of nitrogens with one attached hydrogen (secondary N) is 1. The van der Waals surface area contributed by atoms with Gasteiger partial charge in [-0.05, 0) is 66.3 Å². The van der Waals surface area contributed by atoms with Gasteiger partial charge in [0.05, 0.1) is 19.9 Å². The standard InChI is InChI=1S/C23H19ClN2O4S/c1-28-21-8-7-15(10-16(21)14-30-18-5-2-4-17(24)12-18)11-20-22(27)26(23(31)25-20)13-19-6-3-9-29-19/h2-12H,13-14H2,1H3,(H,25,31)/b20-11+. The van der Waals surface area contributed by atoms with Crippen LogP contribution in [-0.2, 0) is 17.9 Å². The fourth-order valence-electron chi connectivity index (χ4n) is 3.16. The van der Waals surface area contributed by atoms with Crippen LogP contribution in [0.25, 0.3) is 6.08 Å². The Hall–Kier alpha value is -3.29. The van der Waals surface area contributed by atoms with Crippen molar-refractivity contribution < 1.29 is 18.7 Å². The Morgan fingerprint density at radius 2 is 2.06 bits per heavy atom. The number of furan rings is 1. The van der Waals surface area contributed by atoms with E-state index < -0.39 is 0 Å². The first-order valence-electron chi connectivity index (χ1n) is 9.45. The van der Waals surface area contributed by atoms with Gasteiger partial charge in [-0.15, -0.1) is 0 Å². The molecule has 2 aromatic carbocycles. The van der Waals surface area contributed by atoms with E-state index in [0.717, 1.165) is 11.1 Å². The number of thiocarbonyl (C=S) groups is 1. The Balaban J connectivity index is 1.52. The number of ether oxygens (including phenoxy) is 2. The molecular formula is C23H19ClN2O4S. The Morgan fingerprint density at radius 1 is 1.19 bits per heavy atom. The number of methoxy groups -OCH3 is 1. The average Bonchev–Trinajstić information content (AvgIpc) is 3.37. The zero-order valence-corrected chi connectivity index (χ0v) is 18.2. The number of amides is 1. The van der Waals surface area contributed by atoms with E-state index in [1.54, 1.807) is 43.7 Å². The molecule has 1 saturated heterocycles. The molecule has 1 N–H and O–H groups in total. The summed E-state index contributed by atoms with van der Waals surface area (Å²) in [5.41, 5.74) is 2.03. The average molecular weight is 455 g/mol. The van der Waals surface area contributed by atoms with Gasteiger partial charge in [-0.3, -0.25) is 9.69 Å². The SMILES string of the molecule is COc1ccc(/C=C2/NC(=S)N(Cc3ccco3)C2=O)cc1COc1cccc(Cl)c1. The number of nitrogens with zero attached hydrogens (tertiary/aromatic N) is 1. The first-order chi connectivity index (χ1) is 15.0. The van der Waals surface area contributed by atoms with Crippen LogP contribution in [-0.4, -0.2) is 23.0 Å². The fraction of sp³-hybridized carbons (Fsp3) is 0.130. The van der Waals surface area contributed by atoms with Gasteiger partial charge >= 0.3 is 0 Å². The van der Waals surface area contributed by atoms with Crippen molar-refractivity contribution in [3.05, 3.63) is 88.5 Å². The summed E-state index contributed by atoms with van der Waals surface area (Å²) in [4.78, 5) is 14.3. The summed E-state index contributed by atoms with van der Waals surface area (Å²) in [6, 6.07) is 16.4. The van der Waals surface area contributed by atoms with Gasteiger partial charge in [0.25, 0.3) is 5.91 Å². The molecule has 0 unspecified atom stereocenters. The van der Waals surface area contributed by atoms with Crippen LogP contribution in [0.5, 0.6) is 11.5 Å². The molecule has 31 heavy (non-hydrogen) atoms. The molecular weight excluding hydrogens is 436 g/mol. The minimum absolute atomic E-state index is 0.214. The van der Waals surface area contributed by atoms with Gasteiger partial charge in [-0.25, -0.2) is 0 Å². The van der Waals surface area contributed by atoms with E-state index in [-0.39, 0.29) is 19.1 Å². The molecule has 6 nitrogen and oxygen atoms in total. The highest BCUT2D eigenvalue weighted by molar-refractivity contribution is 7.80. The molecule has 0 spiro atoms. The number of carbonyl (C=O) groups is 1. The van der Waals surface area contributed by atoms with Crippen molar-refractivity contribution in [2.45, 2.75) is 13.2 Å². The number of halogens is 1. The van der Waals surface area contributed by atoms with Crippen molar-refractivity contribution in [2.24, 2.45) is 0 Å². The summed E-state index contributed by atoms with van der Waals surface area (Å²) in [5.74, 6) is 1.78. The summed E-state index contributed by atoms with van der Waals surface area (Å²) in [6.45, 7) is 0.557. The molecule has 158 valence electrons. The van der Waals surface area contributed by atoms with E-state index in [9.17, 15) is 4.79 Å². The topological polar surface area (TPSA) is 63.9 Å². The van der Waals surface area contributed by atoms with Crippen LogP contribution >= 0.6 is 23.8 Å². The van der Waals surface area contributed by atoms with Crippen molar-refractivity contribution in [1.29, 1.82) is 0 Å². The highest BCUT2D eigenvalue weighted by Gasteiger charge is 2.31. The maximum atomic E-state index is 12.8. The minimum atomic E-state index is -0.214. The largest absolute Gasteiger partial charge is 0.496 e. The summed E-state index contributed by atoms with van der Waals surface area (Å²) in [6.07, 6.45) is 3.31. The summed E-state index contributed by atoms with van der Waals surface area (Å²) < 4.78 is 16.6. The molecule has 0 aliphatic carbocycles. The van der Waals surface area contributed by atoms with E-state index in [0.29, 0.717) is 33.1 Å². The number of rotatable bonds is 7. The van der Waals surface area contributed by atoms with Crippen LogP contribution in [0.1, 0.15) is 16.9 Å². The van der Waals surface area contributed by atoms with Crippen molar-refractivity contribution in [1.82, 2.24) is 10.2 Å². The fourth-order valence-corrected chi connectivity index (χ4v) is 3.60. The second-order valence-electron chi connectivity index (χ2n) is 6.78. The van der Waals surface area contributed by atoms with Crippen molar-refractivity contribution >= 4 is 40.9 Å². The van der Waals surface area contributed by atoms with Crippen LogP contribution in [0.2, 0.25) is 5.02 Å². The van der Waals surface area contributed by atoms with E-state index in [1.807, 2.05) is 30.3 Å². The number of carbonyl (C=O) groups excluding carboxylic acids is 1. The van der Waals surface area contributed by atoms with Gasteiger partial charge in [0.15, 0.2) is 5.11 Å². The zero-order valence-electron chi connectivity index (χ0n) is 16.6. The molecule has 4 rings (SSSR count). The van der Waals surface area contributed by atoms with Crippen LogP contribution < -0.4 is 14.8 Å². The van der Waals surface area contributed by atoms with Crippen LogP contribution in [0, 0.1) is 0 Å². The second kappa shape index (κ2) is 9.24. The molecule has 1 amide bonds. The van der Waals surface area contributed by atoms with E-state index in [2.05, 4.69) is 5.32 Å². The molecule has 2 heterocycles. The third kappa shape index (κ3) is 4.90. The van der Waals surface area contributed by atoms with Crippen molar-refractivity contribution in [3.8, 4) is 11.5 Å². The molecule has 0 atom stereocenters.